The molecule has 0 aliphatic carbocycles. The minimum atomic E-state index is -0.223. The number of para-hydroxylation sites is 3. The lowest BCUT2D eigenvalue weighted by atomic mass is 9.92. The number of aromatic nitrogens is 2. The normalized spacial score (nSPS) is 11.7. The van der Waals surface area contributed by atoms with Crippen molar-refractivity contribution in [1.29, 1.82) is 0 Å². The van der Waals surface area contributed by atoms with Crippen LogP contribution in [0.1, 0.15) is 56.2 Å². The van der Waals surface area contributed by atoms with Crippen molar-refractivity contribution in [2.45, 2.75) is 46.5 Å². The van der Waals surface area contributed by atoms with Gasteiger partial charge in [0.05, 0.1) is 16.7 Å². The first-order valence-electron chi connectivity index (χ1n) is 10.3. The van der Waals surface area contributed by atoms with Crippen molar-refractivity contribution in [2.24, 2.45) is 0 Å². The zero-order chi connectivity index (χ0) is 20.7. The fourth-order valence-electron chi connectivity index (χ4n) is 4.08. The highest BCUT2D eigenvalue weighted by Crippen LogP contribution is 2.37. The third-order valence-corrected chi connectivity index (χ3v) is 5.56. The molecule has 0 bridgehead atoms. The molecule has 0 spiro atoms. The van der Waals surface area contributed by atoms with E-state index in [1.807, 2.05) is 25.1 Å². The summed E-state index contributed by atoms with van der Waals surface area (Å²) in [6.07, 6.45) is 0. The van der Waals surface area contributed by atoms with Gasteiger partial charge in [-0.2, -0.15) is 0 Å². The molecule has 0 saturated heterocycles. The van der Waals surface area contributed by atoms with Gasteiger partial charge in [-0.3, -0.25) is 4.57 Å². The van der Waals surface area contributed by atoms with Crippen LogP contribution in [0.25, 0.3) is 28.1 Å². The molecule has 29 heavy (non-hydrogen) atoms. The smallest absolute Gasteiger partial charge is 0.146 e. The van der Waals surface area contributed by atoms with Gasteiger partial charge in [0.15, 0.2) is 0 Å². The van der Waals surface area contributed by atoms with Gasteiger partial charge in [0, 0.05) is 5.56 Å². The molecule has 0 saturated carbocycles. The van der Waals surface area contributed by atoms with E-state index in [1.165, 1.54) is 22.9 Å². The molecule has 3 aromatic carbocycles. The van der Waals surface area contributed by atoms with Crippen molar-refractivity contribution in [3.8, 4) is 17.1 Å². The Kier molecular flexibility index (Phi) is 4.99. The van der Waals surface area contributed by atoms with Crippen LogP contribution >= 0.6 is 0 Å². The lowest BCUT2D eigenvalue weighted by Crippen LogP contribution is -2.09. The first-order chi connectivity index (χ1) is 13.9. The number of hydrogen-bond acceptors (Lipinski definition) is 1. The fraction of sp³-hybridized carbons (Fsp3) is 0.269. The van der Waals surface area contributed by atoms with Gasteiger partial charge in [-0.25, -0.2) is 9.37 Å². The first kappa shape index (κ1) is 19.4. The van der Waals surface area contributed by atoms with E-state index in [1.54, 1.807) is 6.07 Å². The second-order valence-corrected chi connectivity index (χ2v) is 8.31. The molecule has 1 aromatic heterocycles. The minimum Gasteiger partial charge on any atom is -0.292 e. The summed E-state index contributed by atoms with van der Waals surface area (Å²) in [6.45, 7) is 10.9. The Labute approximate surface area is 172 Å². The summed E-state index contributed by atoms with van der Waals surface area (Å²) in [5, 5.41) is 0. The first-order valence-corrected chi connectivity index (χ1v) is 10.3. The number of nitrogens with zero attached hydrogens (tertiary/aromatic N) is 2. The third kappa shape index (κ3) is 3.35. The molecule has 3 heteroatoms. The molecule has 1 heterocycles. The van der Waals surface area contributed by atoms with Gasteiger partial charge >= 0.3 is 0 Å². The second kappa shape index (κ2) is 7.47. The van der Waals surface area contributed by atoms with Crippen molar-refractivity contribution in [2.75, 3.05) is 0 Å². The average Bonchev–Trinajstić information content (AvgIpc) is 3.06. The monoisotopic (exact) mass is 386 g/mol. The number of halogens is 1. The zero-order valence-corrected chi connectivity index (χ0v) is 17.7. The van der Waals surface area contributed by atoms with Gasteiger partial charge in [-0.15, -0.1) is 0 Å². The maximum atomic E-state index is 13.8. The van der Waals surface area contributed by atoms with E-state index in [0.29, 0.717) is 11.8 Å². The van der Waals surface area contributed by atoms with E-state index in [4.69, 9.17) is 4.98 Å². The molecule has 0 amide bonds. The van der Waals surface area contributed by atoms with Crippen LogP contribution in [0.2, 0.25) is 0 Å². The van der Waals surface area contributed by atoms with E-state index in [0.717, 1.165) is 28.0 Å². The summed E-state index contributed by atoms with van der Waals surface area (Å²) in [5.74, 6) is 1.37. The molecule has 0 aliphatic rings. The van der Waals surface area contributed by atoms with Crippen LogP contribution in [-0.4, -0.2) is 9.55 Å². The van der Waals surface area contributed by atoms with E-state index in [-0.39, 0.29) is 5.82 Å². The van der Waals surface area contributed by atoms with Gasteiger partial charge in [-0.05, 0) is 65.8 Å². The van der Waals surface area contributed by atoms with Crippen LogP contribution in [-0.2, 0) is 0 Å². The number of imidazole rings is 1. The molecule has 0 unspecified atom stereocenters. The highest BCUT2D eigenvalue weighted by Gasteiger charge is 2.22. The molecule has 0 fully saturated rings. The number of benzene rings is 3. The Balaban J connectivity index is 2.15. The Morgan fingerprint density at radius 3 is 2.10 bits per heavy atom. The van der Waals surface area contributed by atoms with Crippen LogP contribution in [0.5, 0.6) is 0 Å². The third-order valence-electron chi connectivity index (χ3n) is 5.56. The Morgan fingerprint density at radius 2 is 1.48 bits per heavy atom. The molecular weight excluding hydrogens is 359 g/mol. The van der Waals surface area contributed by atoms with Crippen molar-refractivity contribution >= 4 is 11.0 Å². The van der Waals surface area contributed by atoms with Crippen LogP contribution in [0.3, 0.4) is 0 Å². The van der Waals surface area contributed by atoms with Crippen LogP contribution < -0.4 is 0 Å². The highest BCUT2D eigenvalue weighted by molar-refractivity contribution is 5.84. The molecule has 0 atom stereocenters. The molecule has 4 rings (SSSR count). The quantitative estimate of drug-likeness (QED) is 0.357. The molecule has 0 aliphatic heterocycles. The molecule has 0 N–H and O–H groups in total. The molecular formula is C26H27FN2. The summed E-state index contributed by atoms with van der Waals surface area (Å²) >= 11 is 0. The summed E-state index contributed by atoms with van der Waals surface area (Å²) in [5.41, 5.74) is 7.64. The van der Waals surface area contributed by atoms with Crippen LogP contribution in [0.15, 0.2) is 60.7 Å². The molecule has 148 valence electrons. The number of rotatable bonds is 4. The number of hydrogen-bond donors (Lipinski definition) is 0. The average molecular weight is 387 g/mol. The van der Waals surface area contributed by atoms with Crippen LogP contribution in [0, 0.1) is 12.7 Å². The van der Waals surface area contributed by atoms with Gasteiger partial charge < -0.3 is 0 Å². The molecule has 2 nitrogen and oxygen atoms in total. The molecule has 0 radical (unpaired) electrons. The fourth-order valence-corrected chi connectivity index (χ4v) is 4.08. The molecule has 4 aromatic rings. The van der Waals surface area contributed by atoms with Crippen LogP contribution in [0.4, 0.5) is 4.39 Å². The SMILES string of the molecule is Cc1cc(F)ccc1-c1nc2ccccc2n1-c1c(C(C)C)cccc1C(C)C. The van der Waals surface area contributed by atoms with Crippen molar-refractivity contribution in [3.05, 3.63) is 83.2 Å². The zero-order valence-electron chi connectivity index (χ0n) is 17.7. The number of fused-ring (bicyclic) bond motifs is 1. The lowest BCUT2D eigenvalue weighted by molar-refractivity contribution is 0.627. The number of aryl methyl sites for hydroxylation is 1. The predicted molar refractivity (Wildman–Crippen MR) is 119 cm³/mol. The van der Waals surface area contributed by atoms with E-state index in [9.17, 15) is 4.39 Å². The lowest BCUT2D eigenvalue weighted by Gasteiger charge is -2.23. The maximum absolute atomic E-state index is 13.8. The van der Waals surface area contributed by atoms with Crippen molar-refractivity contribution < 1.29 is 4.39 Å². The Hall–Kier alpha value is -2.94. The largest absolute Gasteiger partial charge is 0.292 e. The summed E-state index contributed by atoms with van der Waals surface area (Å²) in [6, 6.07) is 19.7. The van der Waals surface area contributed by atoms with Crippen molar-refractivity contribution in [1.82, 2.24) is 9.55 Å². The van der Waals surface area contributed by atoms with E-state index < -0.39 is 0 Å². The van der Waals surface area contributed by atoms with E-state index >= 15 is 0 Å². The summed E-state index contributed by atoms with van der Waals surface area (Å²) in [7, 11) is 0. The second-order valence-electron chi connectivity index (χ2n) is 8.31. The van der Waals surface area contributed by atoms with Gasteiger partial charge in [0.25, 0.3) is 0 Å². The summed E-state index contributed by atoms with van der Waals surface area (Å²) < 4.78 is 16.1. The topological polar surface area (TPSA) is 17.8 Å². The van der Waals surface area contributed by atoms with Gasteiger partial charge in [-0.1, -0.05) is 58.0 Å². The highest BCUT2D eigenvalue weighted by atomic mass is 19.1. The maximum Gasteiger partial charge on any atom is 0.146 e. The van der Waals surface area contributed by atoms with Gasteiger partial charge in [0.2, 0.25) is 0 Å². The van der Waals surface area contributed by atoms with Gasteiger partial charge in [0.1, 0.15) is 11.6 Å². The van der Waals surface area contributed by atoms with Crippen molar-refractivity contribution in [3.63, 3.8) is 0 Å². The Morgan fingerprint density at radius 1 is 0.828 bits per heavy atom. The standard InChI is InChI=1S/C26H27FN2/c1-16(2)20-9-8-10-21(17(3)4)25(20)29-24-12-7-6-11-23(24)28-26(29)22-14-13-19(27)15-18(22)5/h6-17H,1-5H3. The predicted octanol–water partition coefficient (Wildman–Crippen LogP) is 7.39. The minimum absolute atomic E-state index is 0.223. The summed E-state index contributed by atoms with van der Waals surface area (Å²) in [4.78, 5) is 4.99. The van der Waals surface area contributed by atoms with E-state index in [2.05, 4.69) is 62.6 Å². The Bertz CT molecular complexity index is 1160.